The van der Waals surface area contributed by atoms with Gasteiger partial charge in [-0.05, 0) is 61.2 Å². The first-order chi connectivity index (χ1) is 20.2. The van der Waals surface area contributed by atoms with Crippen LogP contribution >= 0.6 is 11.8 Å². The van der Waals surface area contributed by atoms with Crippen molar-refractivity contribution >= 4 is 34.6 Å². The lowest BCUT2D eigenvalue weighted by molar-refractivity contribution is -0.274. The molecule has 0 radical (unpaired) electrons. The minimum Gasteiger partial charge on any atom is -0.406 e. The Bertz CT molecular complexity index is 1600. The average molecular weight is 595 g/mol. The number of rotatable bonds is 8. The number of amidine groups is 1. The third-order valence-corrected chi connectivity index (χ3v) is 7.20. The molecule has 0 bridgehead atoms. The average Bonchev–Trinajstić information content (AvgIpc) is 3.59. The summed E-state index contributed by atoms with van der Waals surface area (Å²) in [6, 6.07) is 20.0. The Morgan fingerprint density at radius 3 is 2.52 bits per heavy atom. The molecule has 0 aliphatic carbocycles. The van der Waals surface area contributed by atoms with E-state index < -0.39 is 12.4 Å². The van der Waals surface area contributed by atoms with Gasteiger partial charge in [0.25, 0.3) is 0 Å². The third-order valence-electron chi connectivity index (χ3n) is 6.28. The number of anilines is 1. The second kappa shape index (κ2) is 12.5. The predicted octanol–water partition coefficient (Wildman–Crippen LogP) is 5.92. The van der Waals surface area contributed by atoms with Crippen LogP contribution in [0.15, 0.2) is 84.1 Å². The minimum atomic E-state index is -4.75. The normalized spacial score (nSPS) is 14.4. The van der Waals surface area contributed by atoms with Gasteiger partial charge in [0.1, 0.15) is 12.1 Å². The van der Waals surface area contributed by atoms with Crippen LogP contribution in [-0.2, 0) is 11.2 Å². The lowest BCUT2D eigenvalue weighted by Gasteiger charge is -2.18. The summed E-state index contributed by atoms with van der Waals surface area (Å²) in [5.41, 5.74) is 4.01. The number of carbonyl (C=O) groups excluding carboxylic acids is 2. The van der Waals surface area contributed by atoms with Crippen molar-refractivity contribution in [2.24, 2.45) is 4.99 Å². The molecular formula is C29H25F3N6O3S. The quantitative estimate of drug-likeness (QED) is 0.254. The molecule has 42 heavy (non-hydrogen) atoms. The highest BCUT2D eigenvalue weighted by Gasteiger charge is 2.32. The van der Waals surface area contributed by atoms with Crippen molar-refractivity contribution in [1.29, 1.82) is 0 Å². The number of thioether (sulfide) groups is 1. The zero-order chi connectivity index (χ0) is 29.7. The number of aryl methyl sites for hydroxylation is 2. The van der Waals surface area contributed by atoms with Crippen LogP contribution in [0.4, 0.5) is 23.7 Å². The smallest absolute Gasteiger partial charge is 0.406 e. The van der Waals surface area contributed by atoms with E-state index in [-0.39, 0.29) is 17.4 Å². The fourth-order valence-electron chi connectivity index (χ4n) is 4.25. The van der Waals surface area contributed by atoms with Gasteiger partial charge in [0.15, 0.2) is 11.0 Å². The second-order valence-electron chi connectivity index (χ2n) is 9.29. The Kier molecular flexibility index (Phi) is 8.57. The molecule has 1 aliphatic heterocycles. The first-order valence-electron chi connectivity index (χ1n) is 12.9. The van der Waals surface area contributed by atoms with E-state index in [9.17, 15) is 22.8 Å². The number of benzene rings is 3. The van der Waals surface area contributed by atoms with Gasteiger partial charge >= 0.3 is 12.4 Å². The molecule has 216 valence electrons. The molecule has 0 spiro atoms. The van der Waals surface area contributed by atoms with Crippen LogP contribution in [0.25, 0.3) is 17.1 Å². The maximum absolute atomic E-state index is 12.4. The topological polar surface area (TPSA) is 102 Å². The highest BCUT2D eigenvalue weighted by molar-refractivity contribution is 8.15. The third kappa shape index (κ3) is 7.16. The SMILES string of the molecule is Cc1ccccc1N1C(=O)CSC1=NC(=O)NCCCc1ccc(-c2ncn(-c3ccc(OC(F)(F)F)cc3)n2)cc1. The van der Waals surface area contributed by atoms with E-state index in [1.165, 1.54) is 51.9 Å². The summed E-state index contributed by atoms with van der Waals surface area (Å²) in [6.07, 6.45) is -1.87. The van der Waals surface area contributed by atoms with Crippen LogP contribution < -0.4 is 15.0 Å². The van der Waals surface area contributed by atoms with Crippen molar-refractivity contribution in [3.05, 3.63) is 90.3 Å². The number of ether oxygens (including phenoxy) is 1. The van der Waals surface area contributed by atoms with Crippen LogP contribution in [0.3, 0.4) is 0 Å². The van der Waals surface area contributed by atoms with Crippen LogP contribution in [0, 0.1) is 6.92 Å². The van der Waals surface area contributed by atoms with Gasteiger partial charge in [0.05, 0.1) is 17.1 Å². The molecule has 3 aromatic carbocycles. The molecule has 1 saturated heterocycles. The molecule has 0 unspecified atom stereocenters. The van der Waals surface area contributed by atoms with Gasteiger partial charge in [-0.25, -0.2) is 14.5 Å². The number of hydrogen-bond acceptors (Lipinski definition) is 6. The number of amides is 3. The number of urea groups is 1. The van der Waals surface area contributed by atoms with Crippen LogP contribution in [-0.4, -0.2) is 50.5 Å². The second-order valence-corrected chi connectivity index (χ2v) is 10.2. The van der Waals surface area contributed by atoms with E-state index >= 15 is 0 Å². The maximum Gasteiger partial charge on any atom is 0.573 e. The number of hydrogen-bond donors (Lipinski definition) is 1. The van der Waals surface area contributed by atoms with Gasteiger partial charge in [-0.1, -0.05) is 54.2 Å². The number of carbonyl (C=O) groups is 2. The van der Waals surface area contributed by atoms with E-state index in [4.69, 9.17) is 0 Å². The first kappa shape index (κ1) is 28.9. The Balaban J connectivity index is 1.11. The number of nitrogens with zero attached hydrogens (tertiary/aromatic N) is 5. The zero-order valence-corrected chi connectivity index (χ0v) is 23.2. The van der Waals surface area contributed by atoms with E-state index in [0.717, 1.165) is 22.4 Å². The fraction of sp³-hybridized carbons (Fsp3) is 0.207. The molecule has 13 heteroatoms. The van der Waals surface area contributed by atoms with Crippen LogP contribution in [0.5, 0.6) is 5.75 Å². The van der Waals surface area contributed by atoms with Crippen molar-refractivity contribution < 1.29 is 27.5 Å². The van der Waals surface area contributed by atoms with E-state index in [2.05, 4.69) is 25.1 Å². The lowest BCUT2D eigenvalue weighted by atomic mass is 10.1. The first-order valence-corrected chi connectivity index (χ1v) is 13.9. The molecule has 0 atom stereocenters. The Hall–Kier alpha value is -4.65. The van der Waals surface area contributed by atoms with Gasteiger partial charge in [-0.2, -0.15) is 4.99 Å². The Morgan fingerprint density at radius 2 is 1.81 bits per heavy atom. The lowest BCUT2D eigenvalue weighted by Crippen LogP contribution is -2.32. The van der Waals surface area contributed by atoms with Gasteiger partial charge < -0.3 is 10.1 Å². The monoisotopic (exact) mass is 594 g/mol. The van der Waals surface area contributed by atoms with Crippen LogP contribution in [0.2, 0.25) is 0 Å². The standard InChI is InChI=1S/C29H25F3N6O3S/c1-19-5-2-3-7-24(19)38-25(39)17-42-28(38)35-27(40)33-16-4-6-20-8-10-21(11-9-20)26-34-18-37(36-26)22-12-14-23(15-13-22)41-29(30,31)32/h2-3,5,7-15,18H,4,6,16-17H2,1H3,(H,33,40). The minimum absolute atomic E-state index is 0.111. The van der Waals surface area contributed by atoms with Gasteiger partial charge in [-0.15, -0.1) is 18.3 Å². The number of halogens is 3. The number of aliphatic imine (C=N–C) groups is 1. The molecule has 5 rings (SSSR count). The van der Waals surface area contributed by atoms with Crippen molar-refractivity contribution in [2.75, 3.05) is 17.2 Å². The largest absolute Gasteiger partial charge is 0.573 e. The van der Waals surface area contributed by atoms with Crippen molar-refractivity contribution in [3.63, 3.8) is 0 Å². The summed E-state index contributed by atoms with van der Waals surface area (Å²) in [5, 5.41) is 7.57. The molecule has 1 aliphatic rings. The molecule has 1 N–H and O–H groups in total. The van der Waals surface area contributed by atoms with Crippen molar-refractivity contribution in [2.45, 2.75) is 26.1 Å². The molecular weight excluding hydrogens is 569 g/mol. The summed E-state index contributed by atoms with van der Waals surface area (Å²) in [4.78, 5) is 34.8. The number of nitrogens with one attached hydrogen (secondary N) is 1. The van der Waals surface area contributed by atoms with Crippen molar-refractivity contribution in [1.82, 2.24) is 20.1 Å². The maximum atomic E-state index is 12.4. The predicted molar refractivity (Wildman–Crippen MR) is 154 cm³/mol. The highest BCUT2D eigenvalue weighted by Crippen LogP contribution is 2.29. The van der Waals surface area contributed by atoms with Crippen LogP contribution in [0.1, 0.15) is 17.5 Å². The summed E-state index contributed by atoms with van der Waals surface area (Å²) >= 11 is 1.24. The number of para-hydroxylation sites is 1. The number of alkyl halides is 3. The molecule has 2 heterocycles. The molecule has 4 aromatic rings. The summed E-state index contributed by atoms with van der Waals surface area (Å²) < 4.78 is 42.5. The molecule has 3 amide bonds. The molecule has 1 fully saturated rings. The molecule has 9 nitrogen and oxygen atoms in total. The van der Waals surface area contributed by atoms with E-state index in [1.54, 1.807) is 0 Å². The van der Waals surface area contributed by atoms with E-state index in [1.807, 2.05) is 55.5 Å². The molecule has 1 aromatic heterocycles. The zero-order valence-electron chi connectivity index (χ0n) is 22.3. The van der Waals surface area contributed by atoms with Gasteiger partial charge in [0.2, 0.25) is 5.91 Å². The van der Waals surface area contributed by atoms with Gasteiger partial charge in [0, 0.05) is 12.1 Å². The summed E-state index contributed by atoms with van der Waals surface area (Å²) in [6.45, 7) is 2.32. The van der Waals surface area contributed by atoms with E-state index in [0.29, 0.717) is 36.1 Å². The highest BCUT2D eigenvalue weighted by atomic mass is 32.2. The fourth-order valence-corrected chi connectivity index (χ4v) is 5.11. The summed E-state index contributed by atoms with van der Waals surface area (Å²) in [5.74, 6) is 0.274. The molecule has 0 saturated carbocycles. The summed E-state index contributed by atoms with van der Waals surface area (Å²) in [7, 11) is 0. The Morgan fingerprint density at radius 1 is 1.07 bits per heavy atom. The van der Waals surface area contributed by atoms with Crippen molar-refractivity contribution in [3.8, 4) is 22.8 Å². The van der Waals surface area contributed by atoms with Gasteiger partial charge in [-0.3, -0.25) is 9.69 Å². The Labute approximate surface area is 243 Å². The number of aromatic nitrogens is 3.